The highest BCUT2D eigenvalue weighted by Crippen LogP contribution is 2.32. The van der Waals surface area contributed by atoms with Gasteiger partial charge in [-0.25, -0.2) is 0 Å². The molecule has 4 rings (SSSR count). The Hall–Kier alpha value is -2.28. The maximum Gasteiger partial charge on any atom is 0.191 e. The van der Waals surface area contributed by atoms with E-state index in [9.17, 15) is 0 Å². The quantitative estimate of drug-likeness (QED) is 0.293. The van der Waals surface area contributed by atoms with Gasteiger partial charge < -0.3 is 9.30 Å². The number of likely N-dealkylation sites (tertiary alicyclic amines) is 1. The highest BCUT2D eigenvalue weighted by atomic mass is 35.5. The Kier molecular flexibility index (Phi) is 7.90. The average molecular weight is 469 g/mol. The summed E-state index contributed by atoms with van der Waals surface area (Å²) in [6.45, 7) is 7.65. The largest absolute Gasteiger partial charge is 0.496 e. The molecule has 1 aromatic heterocycles. The third-order valence-electron chi connectivity index (χ3n) is 5.85. The van der Waals surface area contributed by atoms with Gasteiger partial charge in [-0.15, -0.1) is 16.8 Å². The number of piperidine rings is 1. The van der Waals surface area contributed by atoms with Crippen LogP contribution in [0.2, 0.25) is 5.02 Å². The highest BCUT2D eigenvalue weighted by Gasteiger charge is 2.26. The van der Waals surface area contributed by atoms with Crippen molar-refractivity contribution >= 4 is 23.4 Å². The van der Waals surface area contributed by atoms with Gasteiger partial charge in [0.05, 0.1) is 7.11 Å². The van der Waals surface area contributed by atoms with Crippen molar-refractivity contribution < 1.29 is 4.74 Å². The molecular formula is C25H29ClN4OS. The number of hydrogen-bond acceptors (Lipinski definition) is 5. The molecule has 3 aromatic rings. The van der Waals surface area contributed by atoms with Crippen LogP contribution in [-0.4, -0.2) is 39.9 Å². The first-order chi connectivity index (χ1) is 15.7. The summed E-state index contributed by atoms with van der Waals surface area (Å²) in [4.78, 5) is 2.50. The second-order valence-electron chi connectivity index (χ2n) is 8.02. The number of halogens is 1. The number of rotatable bonds is 9. The zero-order chi connectivity index (χ0) is 22.3. The van der Waals surface area contributed by atoms with Gasteiger partial charge in [0.2, 0.25) is 0 Å². The van der Waals surface area contributed by atoms with Crippen LogP contribution in [0.3, 0.4) is 0 Å². The highest BCUT2D eigenvalue weighted by molar-refractivity contribution is 7.98. The molecule has 0 unspecified atom stereocenters. The summed E-state index contributed by atoms with van der Waals surface area (Å²) in [6.07, 6.45) is 4.07. The molecule has 7 heteroatoms. The van der Waals surface area contributed by atoms with Crippen molar-refractivity contribution in [3.05, 3.63) is 83.2 Å². The molecule has 0 aliphatic carbocycles. The predicted molar refractivity (Wildman–Crippen MR) is 131 cm³/mol. The summed E-state index contributed by atoms with van der Waals surface area (Å²) in [6, 6.07) is 16.2. The zero-order valence-electron chi connectivity index (χ0n) is 18.4. The minimum atomic E-state index is 0.414. The number of benzene rings is 2. The lowest BCUT2D eigenvalue weighted by Crippen LogP contribution is -2.33. The molecule has 0 amide bonds. The number of hydrogen-bond donors (Lipinski definition) is 0. The van der Waals surface area contributed by atoms with Crippen LogP contribution >= 0.6 is 23.4 Å². The van der Waals surface area contributed by atoms with E-state index in [4.69, 9.17) is 16.3 Å². The van der Waals surface area contributed by atoms with Gasteiger partial charge in [0.1, 0.15) is 11.6 Å². The van der Waals surface area contributed by atoms with Crippen molar-refractivity contribution in [2.75, 3.05) is 20.2 Å². The summed E-state index contributed by atoms with van der Waals surface area (Å²) < 4.78 is 7.74. The molecule has 1 aliphatic rings. The summed E-state index contributed by atoms with van der Waals surface area (Å²) >= 11 is 7.82. The number of para-hydroxylation sites is 1. The fourth-order valence-electron chi connectivity index (χ4n) is 4.21. The smallest absolute Gasteiger partial charge is 0.191 e. The third-order valence-corrected chi connectivity index (χ3v) is 7.13. The first kappa shape index (κ1) is 22.9. The average Bonchev–Trinajstić information content (AvgIpc) is 3.21. The van der Waals surface area contributed by atoms with Crippen LogP contribution in [0.1, 0.15) is 35.7 Å². The lowest BCUT2D eigenvalue weighted by atomic mass is 9.95. The van der Waals surface area contributed by atoms with Gasteiger partial charge in [0.25, 0.3) is 0 Å². The van der Waals surface area contributed by atoms with Crippen molar-refractivity contribution in [2.45, 2.75) is 42.8 Å². The molecular weight excluding hydrogens is 440 g/mol. The molecule has 0 spiro atoms. The number of nitrogens with zero attached hydrogens (tertiary/aromatic N) is 4. The molecule has 0 atom stereocenters. The lowest BCUT2D eigenvalue weighted by molar-refractivity contribution is 0.198. The third kappa shape index (κ3) is 5.55. The molecule has 168 valence electrons. The van der Waals surface area contributed by atoms with Gasteiger partial charge in [-0.2, -0.15) is 0 Å². The number of thioether (sulfide) groups is 1. The van der Waals surface area contributed by atoms with Crippen molar-refractivity contribution in [3.63, 3.8) is 0 Å². The van der Waals surface area contributed by atoms with E-state index in [0.717, 1.165) is 66.5 Å². The minimum absolute atomic E-state index is 0.414. The molecule has 1 aliphatic heterocycles. The molecule has 2 heterocycles. The van der Waals surface area contributed by atoms with E-state index in [1.165, 1.54) is 11.1 Å². The van der Waals surface area contributed by atoms with Crippen LogP contribution in [0, 0.1) is 0 Å². The Balaban J connectivity index is 1.40. The molecule has 0 radical (unpaired) electrons. The summed E-state index contributed by atoms with van der Waals surface area (Å²) in [5, 5.41) is 10.8. The van der Waals surface area contributed by atoms with Crippen molar-refractivity contribution in [2.24, 2.45) is 0 Å². The van der Waals surface area contributed by atoms with Crippen LogP contribution in [0.25, 0.3) is 0 Å². The van der Waals surface area contributed by atoms with Crippen LogP contribution < -0.4 is 4.74 Å². The van der Waals surface area contributed by atoms with E-state index in [0.29, 0.717) is 5.92 Å². The first-order valence-electron chi connectivity index (χ1n) is 10.9. The van der Waals surface area contributed by atoms with Crippen LogP contribution in [0.15, 0.2) is 66.3 Å². The summed E-state index contributed by atoms with van der Waals surface area (Å²) in [7, 11) is 1.74. The monoisotopic (exact) mass is 468 g/mol. The maximum absolute atomic E-state index is 6.13. The summed E-state index contributed by atoms with van der Waals surface area (Å²) in [5.74, 6) is 3.27. The Morgan fingerprint density at radius 2 is 1.97 bits per heavy atom. The maximum atomic E-state index is 6.13. The summed E-state index contributed by atoms with van der Waals surface area (Å²) in [5.41, 5.74) is 2.42. The molecule has 1 fully saturated rings. The van der Waals surface area contributed by atoms with Gasteiger partial charge in [-0.1, -0.05) is 59.8 Å². The predicted octanol–water partition coefficient (Wildman–Crippen LogP) is 5.80. The second-order valence-corrected chi connectivity index (χ2v) is 9.40. The van der Waals surface area contributed by atoms with E-state index in [1.54, 1.807) is 18.9 Å². The van der Waals surface area contributed by atoms with Crippen LogP contribution in [0.5, 0.6) is 5.75 Å². The SMILES string of the molecule is C=CCn1c(SCc2cccc(Cl)c2)nnc1C1CCN(Cc2ccccc2OC)CC1. The van der Waals surface area contributed by atoms with E-state index in [-0.39, 0.29) is 0 Å². The normalized spacial score (nSPS) is 15.1. The molecule has 32 heavy (non-hydrogen) atoms. The zero-order valence-corrected chi connectivity index (χ0v) is 20.0. The number of allylic oxidation sites excluding steroid dienone is 1. The van der Waals surface area contributed by atoms with Gasteiger partial charge in [0.15, 0.2) is 5.16 Å². The van der Waals surface area contributed by atoms with Gasteiger partial charge in [-0.05, 0) is 49.7 Å². The van der Waals surface area contributed by atoms with Crippen molar-refractivity contribution in [1.29, 1.82) is 0 Å². The van der Waals surface area contributed by atoms with Gasteiger partial charge >= 0.3 is 0 Å². The molecule has 2 aromatic carbocycles. The molecule has 5 nitrogen and oxygen atoms in total. The van der Waals surface area contributed by atoms with Gasteiger partial charge in [-0.3, -0.25) is 4.90 Å². The fourth-order valence-corrected chi connectivity index (χ4v) is 5.32. The molecule has 0 saturated carbocycles. The molecule has 0 bridgehead atoms. The number of methoxy groups -OCH3 is 1. The Morgan fingerprint density at radius 1 is 1.16 bits per heavy atom. The first-order valence-corrected chi connectivity index (χ1v) is 12.3. The molecule has 0 N–H and O–H groups in total. The molecule has 1 saturated heterocycles. The Morgan fingerprint density at radius 3 is 2.72 bits per heavy atom. The second kappa shape index (κ2) is 11.0. The standard InChI is InChI=1S/C25H29ClN4OS/c1-3-13-30-24(27-28-25(30)32-18-19-7-6-9-22(26)16-19)20-11-14-29(15-12-20)17-21-8-4-5-10-23(21)31-2/h3-10,16,20H,1,11-15,17-18H2,2H3. The van der Waals surface area contributed by atoms with E-state index < -0.39 is 0 Å². The Bertz CT molecular complexity index is 1050. The van der Waals surface area contributed by atoms with E-state index in [1.807, 2.05) is 36.4 Å². The topological polar surface area (TPSA) is 43.2 Å². The minimum Gasteiger partial charge on any atom is -0.496 e. The number of ether oxygens (including phenoxy) is 1. The number of aromatic nitrogens is 3. The van der Waals surface area contributed by atoms with Crippen LogP contribution in [0.4, 0.5) is 0 Å². The van der Waals surface area contributed by atoms with E-state index in [2.05, 4.69) is 44.4 Å². The Labute approximate surface area is 199 Å². The fraction of sp³-hybridized carbons (Fsp3) is 0.360. The van der Waals surface area contributed by atoms with Crippen LogP contribution in [-0.2, 0) is 18.8 Å². The lowest BCUT2D eigenvalue weighted by Gasteiger charge is -2.32. The van der Waals surface area contributed by atoms with Gasteiger partial charge in [0, 0.05) is 35.3 Å². The van der Waals surface area contributed by atoms with Crippen molar-refractivity contribution in [1.82, 2.24) is 19.7 Å². The van der Waals surface area contributed by atoms with Crippen molar-refractivity contribution in [3.8, 4) is 5.75 Å². The van der Waals surface area contributed by atoms with E-state index >= 15 is 0 Å².